The number of aromatic nitrogens is 1. The number of Topliss-reactive ketones (excluding diaryl/α,β-unsaturated/α-hetero) is 1. The van der Waals surface area contributed by atoms with E-state index in [1.807, 2.05) is 12.1 Å². The Labute approximate surface area is 102 Å². The van der Waals surface area contributed by atoms with E-state index >= 15 is 0 Å². The van der Waals surface area contributed by atoms with Gasteiger partial charge in [0.25, 0.3) is 0 Å². The minimum atomic E-state index is -0.266. The molecule has 2 N–H and O–H groups in total. The highest BCUT2D eigenvalue weighted by Gasteiger charge is 2.07. The summed E-state index contributed by atoms with van der Waals surface area (Å²) in [6.45, 7) is 1.51. The van der Waals surface area contributed by atoms with Crippen LogP contribution in [0, 0.1) is 0 Å². The van der Waals surface area contributed by atoms with E-state index in [0.29, 0.717) is 16.9 Å². The molecule has 5 heteroatoms. The smallest absolute Gasteiger partial charge is 0.307 e. The Hall–Kier alpha value is -1.88. The molecule has 0 aliphatic heterocycles. The number of aromatic amines is 1. The summed E-state index contributed by atoms with van der Waals surface area (Å²) in [5, 5.41) is 9.44. The van der Waals surface area contributed by atoms with Gasteiger partial charge >= 0.3 is 4.87 Å². The first-order valence-corrected chi connectivity index (χ1v) is 5.89. The van der Waals surface area contributed by atoms with Crippen LogP contribution in [0.2, 0.25) is 0 Å². The van der Waals surface area contributed by atoms with E-state index in [1.165, 1.54) is 6.92 Å². The minimum Gasteiger partial charge on any atom is -0.494 e. The van der Waals surface area contributed by atoms with E-state index in [0.717, 1.165) is 16.9 Å². The van der Waals surface area contributed by atoms with E-state index in [1.54, 1.807) is 12.1 Å². The maximum atomic E-state index is 11.1. The van der Waals surface area contributed by atoms with E-state index in [9.17, 15) is 14.7 Å². The lowest BCUT2D eigenvalue weighted by Gasteiger charge is -2.00. The molecule has 0 saturated carbocycles. The quantitative estimate of drug-likeness (QED) is 0.817. The lowest BCUT2D eigenvalue weighted by molar-refractivity contribution is 0.101. The molecule has 0 bridgehead atoms. The first-order valence-electron chi connectivity index (χ1n) is 5.07. The van der Waals surface area contributed by atoms with E-state index in [-0.39, 0.29) is 16.5 Å². The van der Waals surface area contributed by atoms with Crippen LogP contribution in [0.5, 0.6) is 5.88 Å². The van der Waals surface area contributed by atoms with Crippen LogP contribution in [-0.2, 0) is 6.42 Å². The summed E-state index contributed by atoms with van der Waals surface area (Å²) in [5.41, 5.74) is 1.60. The molecule has 1 heterocycles. The van der Waals surface area contributed by atoms with Gasteiger partial charge in [0.1, 0.15) is 0 Å². The zero-order chi connectivity index (χ0) is 12.4. The van der Waals surface area contributed by atoms with Crippen LogP contribution in [0.3, 0.4) is 0 Å². The van der Waals surface area contributed by atoms with Crippen LogP contribution in [-0.4, -0.2) is 15.9 Å². The summed E-state index contributed by atoms with van der Waals surface area (Å²) in [5.74, 6) is -0.0543. The number of carbonyl (C=O) groups excluding carboxylic acids is 1. The van der Waals surface area contributed by atoms with Gasteiger partial charge in [-0.15, -0.1) is 0 Å². The van der Waals surface area contributed by atoms with Gasteiger partial charge in [0.05, 0.1) is 4.88 Å². The number of carbonyl (C=O) groups is 1. The van der Waals surface area contributed by atoms with Gasteiger partial charge in [0, 0.05) is 12.0 Å². The zero-order valence-electron chi connectivity index (χ0n) is 9.19. The number of benzene rings is 1. The Bertz CT molecular complexity index is 595. The summed E-state index contributed by atoms with van der Waals surface area (Å²) in [4.78, 5) is 24.7. The van der Waals surface area contributed by atoms with Crippen molar-refractivity contribution in [2.24, 2.45) is 0 Å². The predicted molar refractivity (Wildman–Crippen MR) is 65.9 cm³/mol. The molecule has 0 fully saturated rings. The molecule has 0 amide bonds. The fourth-order valence-electron chi connectivity index (χ4n) is 1.51. The van der Waals surface area contributed by atoms with Gasteiger partial charge in [0.2, 0.25) is 5.88 Å². The molecule has 1 aromatic heterocycles. The molecule has 0 aliphatic carbocycles. The molecule has 2 rings (SSSR count). The molecule has 4 nitrogen and oxygen atoms in total. The van der Waals surface area contributed by atoms with Gasteiger partial charge in [-0.2, -0.15) is 0 Å². The van der Waals surface area contributed by atoms with Gasteiger partial charge in [-0.25, -0.2) is 0 Å². The highest BCUT2D eigenvalue weighted by Crippen LogP contribution is 2.20. The van der Waals surface area contributed by atoms with Crippen LogP contribution >= 0.6 is 11.3 Å². The minimum absolute atomic E-state index is 0.0192. The third kappa shape index (κ3) is 2.62. The Morgan fingerprint density at radius 1 is 1.35 bits per heavy atom. The van der Waals surface area contributed by atoms with Gasteiger partial charge in [-0.05, 0) is 12.5 Å². The normalized spacial score (nSPS) is 10.4. The van der Waals surface area contributed by atoms with Gasteiger partial charge < -0.3 is 5.11 Å². The highest BCUT2D eigenvalue weighted by molar-refractivity contribution is 7.09. The number of aromatic hydroxyl groups is 1. The summed E-state index contributed by atoms with van der Waals surface area (Å²) in [6, 6.07) is 7.12. The Morgan fingerprint density at radius 2 is 2.00 bits per heavy atom. The van der Waals surface area contributed by atoms with Gasteiger partial charge in [-0.1, -0.05) is 35.6 Å². The molecule has 0 radical (unpaired) electrons. The van der Waals surface area contributed by atoms with Crippen LogP contribution < -0.4 is 4.87 Å². The molecular weight excluding hydrogens is 238 g/mol. The zero-order valence-corrected chi connectivity index (χ0v) is 10.0. The highest BCUT2D eigenvalue weighted by atomic mass is 32.1. The number of hydrogen-bond donors (Lipinski definition) is 2. The largest absolute Gasteiger partial charge is 0.494 e. The third-order valence-corrected chi connectivity index (χ3v) is 3.30. The van der Waals surface area contributed by atoms with Crippen molar-refractivity contribution in [1.82, 2.24) is 4.98 Å². The summed E-state index contributed by atoms with van der Waals surface area (Å²) in [7, 11) is 0. The molecule has 0 saturated heterocycles. The molecule has 0 atom stereocenters. The summed E-state index contributed by atoms with van der Waals surface area (Å²) < 4.78 is 0. The van der Waals surface area contributed by atoms with Gasteiger partial charge in [-0.3, -0.25) is 14.6 Å². The molecule has 1 aromatic carbocycles. The first kappa shape index (κ1) is 11.6. The molecule has 2 aromatic rings. The Balaban J connectivity index is 2.22. The average Bonchev–Trinajstić information content (AvgIpc) is 2.58. The molecule has 0 spiro atoms. The van der Waals surface area contributed by atoms with E-state index in [4.69, 9.17) is 0 Å². The average molecular weight is 249 g/mol. The van der Waals surface area contributed by atoms with Crippen molar-refractivity contribution in [3.05, 3.63) is 49.9 Å². The van der Waals surface area contributed by atoms with Crippen molar-refractivity contribution in [3.8, 4) is 5.88 Å². The number of H-pyrrole nitrogens is 1. The second kappa shape index (κ2) is 4.55. The van der Waals surface area contributed by atoms with Crippen LogP contribution in [0.4, 0.5) is 0 Å². The number of thiazole rings is 1. The molecule has 17 heavy (non-hydrogen) atoms. The van der Waals surface area contributed by atoms with Crippen LogP contribution in [0.1, 0.15) is 27.7 Å². The molecule has 88 valence electrons. The first-order chi connectivity index (χ1) is 8.06. The lowest BCUT2D eigenvalue weighted by atomic mass is 10.1. The predicted octanol–water partition coefficient (Wildman–Crippen LogP) is 1.94. The Kier molecular flexibility index (Phi) is 3.10. The summed E-state index contributed by atoms with van der Waals surface area (Å²) >= 11 is 0.992. The number of rotatable bonds is 3. The second-order valence-electron chi connectivity index (χ2n) is 3.72. The van der Waals surface area contributed by atoms with Crippen LogP contribution in [0.25, 0.3) is 0 Å². The topological polar surface area (TPSA) is 70.2 Å². The van der Waals surface area contributed by atoms with Crippen molar-refractivity contribution in [1.29, 1.82) is 0 Å². The fourth-order valence-corrected chi connectivity index (χ4v) is 2.27. The summed E-state index contributed by atoms with van der Waals surface area (Å²) in [6.07, 6.45) is 0.480. The maximum absolute atomic E-state index is 11.1. The third-order valence-electron chi connectivity index (χ3n) is 2.43. The van der Waals surface area contributed by atoms with Crippen molar-refractivity contribution >= 4 is 17.1 Å². The van der Waals surface area contributed by atoms with Gasteiger partial charge in [0.15, 0.2) is 5.78 Å². The number of nitrogens with one attached hydrogen (secondary N) is 1. The molecular formula is C12H11NO3S. The number of ketones is 1. The Morgan fingerprint density at radius 3 is 2.47 bits per heavy atom. The van der Waals surface area contributed by atoms with Crippen molar-refractivity contribution in [2.75, 3.05) is 0 Å². The van der Waals surface area contributed by atoms with Crippen molar-refractivity contribution in [3.63, 3.8) is 0 Å². The molecule has 0 aliphatic rings. The van der Waals surface area contributed by atoms with Crippen LogP contribution in [0.15, 0.2) is 29.1 Å². The monoisotopic (exact) mass is 249 g/mol. The van der Waals surface area contributed by atoms with E-state index < -0.39 is 0 Å². The molecule has 0 unspecified atom stereocenters. The second-order valence-corrected chi connectivity index (χ2v) is 4.78. The lowest BCUT2D eigenvalue weighted by Crippen LogP contribution is -1.92. The van der Waals surface area contributed by atoms with Crippen molar-refractivity contribution in [2.45, 2.75) is 13.3 Å². The maximum Gasteiger partial charge on any atom is 0.307 e. The fraction of sp³-hybridized carbons (Fsp3) is 0.167. The standard InChI is InChI=1S/C12H11NO3S/c1-7(14)9-4-2-8(3-5-9)6-10-11(15)13-12(16)17-10/h2-5,15H,6H2,1H3,(H,13,16). The van der Waals surface area contributed by atoms with E-state index in [2.05, 4.69) is 4.98 Å². The van der Waals surface area contributed by atoms with Crippen molar-refractivity contribution < 1.29 is 9.90 Å². The number of hydrogen-bond acceptors (Lipinski definition) is 4. The SMILES string of the molecule is CC(=O)c1ccc(Cc2sc(=O)[nH]c2O)cc1.